The van der Waals surface area contributed by atoms with Gasteiger partial charge in [-0.05, 0) is 37.2 Å². The summed E-state index contributed by atoms with van der Waals surface area (Å²) < 4.78 is 29.6. The minimum atomic E-state index is -3.33. The molecule has 0 bridgehead atoms. The molecule has 0 aliphatic carbocycles. The second-order valence-electron chi connectivity index (χ2n) is 4.44. The molecule has 1 saturated heterocycles. The molecule has 1 aromatic rings. The van der Waals surface area contributed by atoms with Gasteiger partial charge in [0.05, 0.1) is 35.0 Å². The first kappa shape index (κ1) is 14.0. The Labute approximate surface area is 113 Å². The molecule has 1 heterocycles. The van der Waals surface area contributed by atoms with E-state index in [2.05, 4.69) is 5.32 Å². The smallest absolute Gasteiger partial charge is 0.180 e. The van der Waals surface area contributed by atoms with Crippen LogP contribution in [0.1, 0.15) is 12.0 Å². The van der Waals surface area contributed by atoms with Crippen molar-refractivity contribution in [3.05, 3.63) is 29.8 Å². The van der Waals surface area contributed by atoms with Gasteiger partial charge in [0, 0.05) is 6.54 Å². The molecule has 2 rings (SSSR count). The second-order valence-corrected chi connectivity index (χ2v) is 6.55. The average molecular weight is 280 g/mol. The Bertz CT molecular complexity index is 555. The van der Waals surface area contributed by atoms with Crippen LogP contribution < -0.4 is 5.32 Å². The molecule has 6 heteroatoms. The molecule has 0 saturated carbocycles. The minimum absolute atomic E-state index is 0.0323. The lowest BCUT2D eigenvalue weighted by Gasteiger charge is -2.10. The van der Waals surface area contributed by atoms with E-state index in [1.807, 2.05) is 6.07 Å². The quantitative estimate of drug-likeness (QED) is 0.859. The normalized spacial score (nSPS) is 19.2. The van der Waals surface area contributed by atoms with Crippen LogP contribution in [0.3, 0.4) is 0 Å². The van der Waals surface area contributed by atoms with Crippen molar-refractivity contribution in [2.45, 2.75) is 17.4 Å². The first-order valence-electron chi connectivity index (χ1n) is 6.17. The van der Waals surface area contributed by atoms with Crippen LogP contribution in [0.4, 0.5) is 0 Å². The van der Waals surface area contributed by atoms with Crippen molar-refractivity contribution in [2.24, 2.45) is 0 Å². The van der Waals surface area contributed by atoms with Crippen LogP contribution in [0.5, 0.6) is 0 Å². The molecule has 1 N–H and O–H groups in total. The summed E-state index contributed by atoms with van der Waals surface area (Å²) in [5.41, 5.74) is 0.451. The first-order chi connectivity index (χ1) is 9.12. The maximum Gasteiger partial charge on any atom is 0.180 e. The number of benzene rings is 1. The van der Waals surface area contributed by atoms with Crippen molar-refractivity contribution in [2.75, 3.05) is 25.4 Å². The van der Waals surface area contributed by atoms with Gasteiger partial charge in [0.2, 0.25) is 0 Å². The Kier molecular flexibility index (Phi) is 4.53. The zero-order valence-electron chi connectivity index (χ0n) is 10.5. The minimum Gasteiger partial charge on any atom is -0.376 e. The van der Waals surface area contributed by atoms with Gasteiger partial charge >= 0.3 is 0 Å². The molecule has 0 aromatic heterocycles. The van der Waals surface area contributed by atoms with Crippen LogP contribution in [-0.4, -0.2) is 40.0 Å². The van der Waals surface area contributed by atoms with E-state index in [0.717, 1.165) is 19.5 Å². The van der Waals surface area contributed by atoms with Gasteiger partial charge in [0.25, 0.3) is 0 Å². The van der Waals surface area contributed by atoms with Crippen molar-refractivity contribution >= 4 is 9.84 Å². The number of hydrogen-bond acceptors (Lipinski definition) is 5. The van der Waals surface area contributed by atoms with Crippen LogP contribution >= 0.6 is 0 Å². The molecule has 1 aliphatic heterocycles. The monoisotopic (exact) mass is 280 g/mol. The molecule has 1 unspecified atom stereocenters. The van der Waals surface area contributed by atoms with Gasteiger partial charge in [-0.3, -0.25) is 0 Å². The molecule has 5 nitrogen and oxygen atoms in total. The van der Waals surface area contributed by atoms with Crippen LogP contribution in [-0.2, 0) is 14.6 Å². The molecule has 0 amide bonds. The van der Waals surface area contributed by atoms with E-state index in [0.29, 0.717) is 5.56 Å². The fourth-order valence-corrected chi connectivity index (χ4v) is 3.05. The fraction of sp³-hybridized carbons (Fsp3) is 0.462. The lowest BCUT2D eigenvalue weighted by atomic mass is 10.2. The average Bonchev–Trinajstić information content (AvgIpc) is 2.92. The lowest BCUT2D eigenvalue weighted by molar-refractivity contribution is 0.0788. The predicted molar refractivity (Wildman–Crippen MR) is 70.4 cm³/mol. The highest BCUT2D eigenvalue weighted by atomic mass is 32.2. The highest BCUT2D eigenvalue weighted by Gasteiger charge is 2.18. The summed E-state index contributed by atoms with van der Waals surface area (Å²) in [7, 11) is -3.33. The van der Waals surface area contributed by atoms with Crippen LogP contribution in [0.2, 0.25) is 0 Å². The van der Waals surface area contributed by atoms with E-state index >= 15 is 0 Å². The summed E-state index contributed by atoms with van der Waals surface area (Å²) in [4.78, 5) is 0.236. The number of rotatable bonds is 5. The third-order valence-corrected chi connectivity index (χ3v) is 4.76. The van der Waals surface area contributed by atoms with Gasteiger partial charge in [-0.1, -0.05) is 0 Å². The van der Waals surface area contributed by atoms with Crippen LogP contribution in [0.15, 0.2) is 29.2 Å². The van der Waals surface area contributed by atoms with Crippen molar-refractivity contribution in [3.8, 4) is 6.07 Å². The Morgan fingerprint density at radius 1 is 1.37 bits per heavy atom. The van der Waals surface area contributed by atoms with Crippen LogP contribution in [0, 0.1) is 11.3 Å². The van der Waals surface area contributed by atoms with Gasteiger partial charge in [-0.2, -0.15) is 5.26 Å². The maximum atomic E-state index is 12.0. The summed E-state index contributed by atoms with van der Waals surface area (Å²) in [5.74, 6) is -0.0323. The maximum absolute atomic E-state index is 12.0. The highest BCUT2D eigenvalue weighted by Crippen LogP contribution is 2.13. The number of ether oxygens (including phenoxy) is 1. The first-order valence-corrected chi connectivity index (χ1v) is 7.82. The van der Waals surface area contributed by atoms with Crippen molar-refractivity contribution < 1.29 is 13.2 Å². The standard InChI is InChI=1S/C13H16N2O3S/c14-9-11-1-3-13(4-2-11)19(16,17)8-7-18-12-5-6-15-10-12/h1-4,12,15H,5-8,10H2. The van der Waals surface area contributed by atoms with Gasteiger partial charge < -0.3 is 10.1 Å². The molecule has 1 aliphatic rings. The summed E-state index contributed by atoms with van der Waals surface area (Å²) in [5, 5.41) is 11.8. The van der Waals surface area contributed by atoms with E-state index in [4.69, 9.17) is 10.00 Å². The van der Waals surface area contributed by atoms with Crippen LogP contribution in [0.25, 0.3) is 0 Å². The highest BCUT2D eigenvalue weighted by molar-refractivity contribution is 7.91. The molecular formula is C13H16N2O3S. The molecule has 0 radical (unpaired) electrons. The van der Waals surface area contributed by atoms with E-state index in [1.54, 1.807) is 0 Å². The zero-order valence-corrected chi connectivity index (χ0v) is 11.3. The topological polar surface area (TPSA) is 79.2 Å². The summed E-state index contributed by atoms with van der Waals surface area (Å²) in [6, 6.07) is 7.90. The molecule has 19 heavy (non-hydrogen) atoms. The molecule has 1 fully saturated rings. The molecule has 102 valence electrons. The number of sulfone groups is 1. The van der Waals surface area contributed by atoms with E-state index in [-0.39, 0.29) is 23.4 Å². The number of nitriles is 1. The Balaban J connectivity index is 1.91. The fourth-order valence-electron chi connectivity index (χ4n) is 1.95. The molecule has 1 aromatic carbocycles. The van der Waals surface area contributed by atoms with Crippen molar-refractivity contribution in [3.63, 3.8) is 0 Å². The summed E-state index contributed by atoms with van der Waals surface area (Å²) in [6.45, 7) is 1.92. The zero-order chi connectivity index (χ0) is 13.7. The van der Waals surface area contributed by atoms with Gasteiger partial charge in [0.1, 0.15) is 0 Å². The lowest BCUT2D eigenvalue weighted by Crippen LogP contribution is -2.21. The van der Waals surface area contributed by atoms with Gasteiger partial charge in [-0.25, -0.2) is 8.42 Å². The van der Waals surface area contributed by atoms with Crippen molar-refractivity contribution in [1.82, 2.24) is 5.32 Å². The molecule has 0 spiro atoms. The number of nitrogens with one attached hydrogen (secondary N) is 1. The molecule has 1 atom stereocenters. The summed E-state index contributed by atoms with van der Waals surface area (Å²) in [6.07, 6.45) is 1.05. The van der Waals surface area contributed by atoms with Gasteiger partial charge in [0.15, 0.2) is 9.84 Å². The Morgan fingerprint density at radius 2 is 2.11 bits per heavy atom. The number of nitrogens with zero attached hydrogens (tertiary/aromatic N) is 1. The predicted octanol–water partition coefficient (Wildman–Crippen LogP) is 0.710. The Hall–Kier alpha value is -1.42. The van der Waals surface area contributed by atoms with Crippen molar-refractivity contribution in [1.29, 1.82) is 5.26 Å². The third kappa shape index (κ3) is 3.77. The number of hydrogen-bond donors (Lipinski definition) is 1. The Morgan fingerprint density at radius 3 is 2.68 bits per heavy atom. The third-order valence-electron chi connectivity index (χ3n) is 3.06. The van der Waals surface area contributed by atoms with Gasteiger partial charge in [-0.15, -0.1) is 0 Å². The van der Waals surface area contributed by atoms with E-state index in [9.17, 15) is 8.42 Å². The van der Waals surface area contributed by atoms with E-state index < -0.39 is 9.84 Å². The molecular weight excluding hydrogens is 264 g/mol. The SMILES string of the molecule is N#Cc1ccc(S(=O)(=O)CCOC2CCNC2)cc1. The van der Waals surface area contributed by atoms with E-state index in [1.165, 1.54) is 24.3 Å². The largest absolute Gasteiger partial charge is 0.376 e. The summed E-state index contributed by atoms with van der Waals surface area (Å²) >= 11 is 0. The second kappa shape index (κ2) is 6.15.